The van der Waals surface area contributed by atoms with E-state index in [4.69, 9.17) is 11.6 Å². The van der Waals surface area contributed by atoms with Crippen LogP contribution < -0.4 is 16.4 Å². The average molecular weight is 320 g/mol. The monoisotopic (exact) mass is 319 g/mol. The molecule has 4 N–H and O–H groups in total. The Kier molecular flexibility index (Phi) is 3.80. The third-order valence-corrected chi connectivity index (χ3v) is 3.15. The van der Waals surface area contributed by atoms with Gasteiger partial charge in [-0.25, -0.2) is 4.39 Å². The summed E-state index contributed by atoms with van der Waals surface area (Å²) in [6.45, 7) is 0. The number of pyridine rings is 1. The molecular formula is C14H11ClFN5O. The van der Waals surface area contributed by atoms with E-state index in [-0.39, 0.29) is 17.1 Å². The summed E-state index contributed by atoms with van der Waals surface area (Å²) in [6.07, 6.45) is 3.05. The minimum absolute atomic E-state index is 0.270. The van der Waals surface area contributed by atoms with Gasteiger partial charge in [-0.3, -0.25) is 30.8 Å². The third kappa shape index (κ3) is 2.94. The zero-order valence-corrected chi connectivity index (χ0v) is 11.9. The molecule has 1 aromatic carbocycles. The second-order valence-electron chi connectivity index (χ2n) is 4.48. The molecule has 0 bridgehead atoms. The van der Waals surface area contributed by atoms with Crippen molar-refractivity contribution in [2.24, 2.45) is 0 Å². The number of nitrogens with one attached hydrogen (secondary N) is 4. The maximum atomic E-state index is 13.0. The van der Waals surface area contributed by atoms with Gasteiger partial charge in [0.05, 0.1) is 22.6 Å². The number of H-pyrrole nitrogens is 2. The molecule has 0 atom stereocenters. The van der Waals surface area contributed by atoms with E-state index in [9.17, 15) is 9.18 Å². The number of anilines is 2. The fourth-order valence-corrected chi connectivity index (χ4v) is 2.10. The van der Waals surface area contributed by atoms with E-state index in [0.717, 1.165) is 0 Å². The quantitative estimate of drug-likeness (QED) is 0.557. The Morgan fingerprint density at radius 2 is 1.86 bits per heavy atom. The highest BCUT2D eigenvalue weighted by molar-refractivity contribution is 6.30. The number of nitrogens with zero attached hydrogens (tertiary/aromatic N) is 1. The predicted molar refractivity (Wildman–Crippen MR) is 83.3 cm³/mol. The number of hydrazine groups is 1. The number of hydrogen-bond donors (Lipinski definition) is 4. The summed E-state index contributed by atoms with van der Waals surface area (Å²) in [5.41, 5.74) is 7.33. The zero-order chi connectivity index (χ0) is 15.5. The average Bonchev–Trinajstić information content (AvgIpc) is 2.87. The normalized spacial score (nSPS) is 10.5. The van der Waals surface area contributed by atoms with Gasteiger partial charge in [0.1, 0.15) is 11.5 Å². The van der Waals surface area contributed by atoms with Crippen molar-refractivity contribution >= 4 is 23.0 Å². The summed E-state index contributed by atoms with van der Waals surface area (Å²) in [6, 6.07) is 7.43. The number of rotatable bonds is 4. The molecule has 0 saturated heterocycles. The highest BCUT2D eigenvalue weighted by Crippen LogP contribution is 2.23. The van der Waals surface area contributed by atoms with Crippen molar-refractivity contribution in [1.82, 2.24) is 15.2 Å². The molecular weight excluding hydrogens is 309 g/mol. The number of hydrogen-bond acceptors (Lipinski definition) is 4. The number of benzene rings is 1. The van der Waals surface area contributed by atoms with Crippen LogP contribution in [0, 0.1) is 5.82 Å². The predicted octanol–water partition coefficient (Wildman–Crippen LogP) is 3.00. The first-order valence-electron chi connectivity index (χ1n) is 6.32. The molecule has 112 valence electrons. The highest BCUT2D eigenvalue weighted by atomic mass is 35.5. The fourth-order valence-electron chi connectivity index (χ4n) is 1.93. The topological polar surface area (TPSA) is 85.6 Å². The minimum Gasteiger partial charge on any atom is -0.299 e. The summed E-state index contributed by atoms with van der Waals surface area (Å²) < 4.78 is 13.0. The second-order valence-corrected chi connectivity index (χ2v) is 4.91. The van der Waals surface area contributed by atoms with E-state index in [2.05, 4.69) is 26.0 Å². The molecule has 3 aromatic rings. The Balaban J connectivity index is 1.86. The molecule has 2 aromatic heterocycles. The van der Waals surface area contributed by atoms with Gasteiger partial charge in [0, 0.05) is 11.8 Å². The first-order valence-corrected chi connectivity index (χ1v) is 6.70. The van der Waals surface area contributed by atoms with Gasteiger partial charge in [0.25, 0.3) is 5.56 Å². The molecule has 22 heavy (non-hydrogen) atoms. The Bertz CT molecular complexity index is 843. The van der Waals surface area contributed by atoms with Crippen molar-refractivity contribution in [3.63, 3.8) is 0 Å². The molecule has 8 heteroatoms. The molecule has 0 amide bonds. The Labute approximate surface area is 129 Å². The van der Waals surface area contributed by atoms with Crippen molar-refractivity contribution in [2.45, 2.75) is 0 Å². The largest absolute Gasteiger partial charge is 0.299 e. The van der Waals surface area contributed by atoms with Crippen molar-refractivity contribution in [3.8, 4) is 11.3 Å². The van der Waals surface area contributed by atoms with E-state index in [1.807, 2.05) is 0 Å². The number of aromatic amines is 2. The van der Waals surface area contributed by atoms with Gasteiger partial charge >= 0.3 is 0 Å². The van der Waals surface area contributed by atoms with Crippen LogP contribution in [-0.2, 0) is 0 Å². The second kappa shape index (κ2) is 5.90. The van der Waals surface area contributed by atoms with Gasteiger partial charge in [-0.05, 0) is 30.3 Å². The van der Waals surface area contributed by atoms with Crippen LogP contribution in [0.2, 0.25) is 5.02 Å². The third-order valence-electron chi connectivity index (χ3n) is 2.95. The molecule has 0 aliphatic carbocycles. The van der Waals surface area contributed by atoms with Crippen molar-refractivity contribution in [2.75, 3.05) is 10.9 Å². The lowest BCUT2D eigenvalue weighted by Crippen LogP contribution is -2.15. The molecule has 0 radical (unpaired) electrons. The zero-order valence-electron chi connectivity index (χ0n) is 11.2. The maximum Gasteiger partial charge on any atom is 0.289 e. The molecule has 6 nitrogen and oxygen atoms in total. The molecule has 0 aliphatic rings. The van der Waals surface area contributed by atoms with Crippen molar-refractivity contribution in [3.05, 3.63) is 63.9 Å². The van der Waals surface area contributed by atoms with Crippen molar-refractivity contribution in [1.29, 1.82) is 0 Å². The van der Waals surface area contributed by atoms with Crippen LogP contribution in [-0.4, -0.2) is 15.2 Å². The number of aromatic nitrogens is 3. The Morgan fingerprint density at radius 1 is 1.09 bits per heavy atom. The van der Waals surface area contributed by atoms with Crippen LogP contribution in [0.3, 0.4) is 0 Å². The van der Waals surface area contributed by atoms with E-state index in [1.54, 1.807) is 24.4 Å². The van der Waals surface area contributed by atoms with Crippen LogP contribution in [0.25, 0.3) is 11.3 Å². The van der Waals surface area contributed by atoms with Crippen LogP contribution in [0.1, 0.15) is 0 Å². The smallest absolute Gasteiger partial charge is 0.289 e. The van der Waals surface area contributed by atoms with Gasteiger partial charge in [0.15, 0.2) is 0 Å². The summed E-state index contributed by atoms with van der Waals surface area (Å²) in [5, 5.41) is 5.70. The van der Waals surface area contributed by atoms with Crippen LogP contribution in [0.5, 0.6) is 0 Å². The van der Waals surface area contributed by atoms with E-state index in [0.29, 0.717) is 22.0 Å². The molecule has 0 saturated carbocycles. The van der Waals surface area contributed by atoms with E-state index in [1.165, 1.54) is 18.3 Å². The minimum atomic E-state index is -0.348. The van der Waals surface area contributed by atoms with Gasteiger partial charge in [-0.15, -0.1) is 0 Å². The summed E-state index contributed by atoms with van der Waals surface area (Å²) in [4.78, 5) is 15.8. The highest BCUT2D eigenvalue weighted by Gasteiger charge is 2.11. The van der Waals surface area contributed by atoms with Crippen molar-refractivity contribution < 1.29 is 4.39 Å². The van der Waals surface area contributed by atoms with Gasteiger partial charge in [-0.2, -0.15) is 0 Å². The number of halogens is 2. The standard InChI is InChI=1S/C14H11ClFN5O/c15-9-5-11(7-17-6-9)18-20-13-12(19-21-14(13)22)8-1-3-10(16)4-2-8/h1-7,18,20H,(H2,19,21,22). The Hall–Kier alpha value is -2.80. The van der Waals surface area contributed by atoms with Gasteiger partial charge in [-0.1, -0.05) is 11.6 Å². The lowest BCUT2D eigenvalue weighted by atomic mass is 10.1. The first kappa shape index (κ1) is 14.2. The lowest BCUT2D eigenvalue weighted by Gasteiger charge is -2.09. The van der Waals surface area contributed by atoms with Gasteiger partial charge < -0.3 is 0 Å². The van der Waals surface area contributed by atoms with Crippen LogP contribution in [0.4, 0.5) is 15.8 Å². The molecule has 0 aliphatic heterocycles. The SMILES string of the molecule is O=c1[nH][nH]c(-c2ccc(F)cc2)c1NNc1cncc(Cl)c1. The summed E-state index contributed by atoms with van der Waals surface area (Å²) >= 11 is 5.84. The molecule has 2 heterocycles. The maximum absolute atomic E-state index is 13.0. The molecule has 0 fully saturated rings. The first-order chi connectivity index (χ1) is 10.6. The molecule has 0 unspecified atom stereocenters. The lowest BCUT2D eigenvalue weighted by molar-refractivity contribution is 0.628. The summed E-state index contributed by atoms with van der Waals surface area (Å²) in [5.74, 6) is -0.348. The molecule has 3 rings (SSSR count). The Morgan fingerprint density at radius 3 is 2.59 bits per heavy atom. The summed E-state index contributed by atoms with van der Waals surface area (Å²) in [7, 11) is 0. The fraction of sp³-hybridized carbons (Fsp3) is 0. The molecule has 0 spiro atoms. The van der Waals surface area contributed by atoms with Crippen LogP contribution in [0.15, 0.2) is 47.5 Å². The van der Waals surface area contributed by atoms with Crippen LogP contribution >= 0.6 is 11.6 Å². The van der Waals surface area contributed by atoms with Gasteiger partial charge in [0.2, 0.25) is 0 Å². The van der Waals surface area contributed by atoms with E-state index < -0.39 is 0 Å². The van der Waals surface area contributed by atoms with E-state index >= 15 is 0 Å².